The fourth-order valence-electron chi connectivity index (χ4n) is 1.78. The van der Waals surface area contributed by atoms with Crippen LogP contribution in [0.5, 0.6) is 0 Å². The zero-order chi connectivity index (χ0) is 11.5. The lowest BCUT2D eigenvalue weighted by Gasteiger charge is -2.12. The molecule has 0 radical (unpaired) electrons. The van der Waals surface area contributed by atoms with Gasteiger partial charge in [0.2, 0.25) is 0 Å². The van der Waals surface area contributed by atoms with E-state index in [2.05, 4.69) is 0 Å². The molecule has 0 aliphatic heterocycles. The first-order chi connectivity index (χ1) is 7.68. The second kappa shape index (κ2) is 4.47. The molecule has 0 aromatic heterocycles. The fourth-order valence-corrected chi connectivity index (χ4v) is 1.78. The first kappa shape index (κ1) is 10.9. The van der Waals surface area contributed by atoms with Crippen molar-refractivity contribution in [1.82, 2.24) is 0 Å². The predicted molar refractivity (Wildman–Crippen MR) is 63.8 cm³/mol. The Morgan fingerprint density at radius 2 is 1.62 bits per heavy atom. The van der Waals surface area contributed by atoms with Crippen LogP contribution >= 0.6 is 0 Å². The van der Waals surface area contributed by atoms with Gasteiger partial charge in [-0.2, -0.15) is 0 Å². The standard InChI is InChI=1S/C14H14O2/c1-10-7-8-12(13(9-10)14(15)16)11-5-3-2-4-6-11/h2-9,14-16H,1H3. The number of hydrogen-bond donors (Lipinski definition) is 2. The molecule has 2 rings (SSSR count). The molecule has 16 heavy (non-hydrogen) atoms. The number of hydrogen-bond acceptors (Lipinski definition) is 2. The number of rotatable bonds is 2. The molecule has 0 aliphatic carbocycles. The quantitative estimate of drug-likeness (QED) is 0.754. The molecule has 0 spiro atoms. The Morgan fingerprint density at radius 3 is 2.25 bits per heavy atom. The number of aliphatic hydroxyl groups excluding tert-OH is 1. The summed E-state index contributed by atoms with van der Waals surface area (Å²) in [5.41, 5.74) is 3.42. The second-order valence-corrected chi connectivity index (χ2v) is 3.83. The topological polar surface area (TPSA) is 40.5 Å². The van der Waals surface area contributed by atoms with Gasteiger partial charge < -0.3 is 10.2 Å². The van der Waals surface area contributed by atoms with E-state index in [0.717, 1.165) is 16.7 Å². The van der Waals surface area contributed by atoms with E-state index >= 15 is 0 Å². The van der Waals surface area contributed by atoms with E-state index in [9.17, 15) is 10.2 Å². The molecular weight excluding hydrogens is 200 g/mol. The summed E-state index contributed by atoms with van der Waals surface area (Å²) in [6, 6.07) is 15.4. The summed E-state index contributed by atoms with van der Waals surface area (Å²) in [6.07, 6.45) is -1.44. The Balaban J connectivity index is 2.57. The van der Waals surface area contributed by atoms with Gasteiger partial charge in [-0.1, -0.05) is 54.1 Å². The van der Waals surface area contributed by atoms with Gasteiger partial charge in [-0.3, -0.25) is 0 Å². The lowest BCUT2D eigenvalue weighted by atomic mass is 9.97. The minimum Gasteiger partial charge on any atom is -0.364 e. The van der Waals surface area contributed by atoms with E-state index in [-0.39, 0.29) is 0 Å². The molecule has 2 N–H and O–H groups in total. The maximum atomic E-state index is 9.35. The lowest BCUT2D eigenvalue weighted by molar-refractivity contribution is -0.0420. The van der Waals surface area contributed by atoms with Crippen molar-refractivity contribution in [2.75, 3.05) is 0 Å². The molecule has 0 saturated heterocycles. The van der Waals surface area contributed by atoms with E-state index in [0.29, 0.717) is 5.56 Å². The molecule has 2 aromatic rings. The molecule has 2 nitrogen and oxygen atoms in total. The van der Waals surface area contributed by atoms with Crippen LogP contribution in [-0.4, -0.2) is 10.2 Å². The summed E-state index contributed by atoms with van der Waals surface area (Å²) in [6.45, 7) is 1.93. The summed E-state index contributed by atoms with van der Waals surface area (Å²) >= 11 is 0. The van der Waals surface area contributed by atoms with Gasteiger partial charge in [-0.15, -0.1) is 0 Å². The molecule has 0 unspecified atom stereocenters. The Morgan fingerprint density at radius 1 is 0.938 bits per heavy atom. The van der Waals surface area contributed by atoms with Crippen LogP contribution in [0, 0.1) is 6.92 Å². The monoisotopic (exact) mass is 214 g/mol. The van der Waals surface area contributed by atoms with Gasteiger partial charge in [0, 0.05) is 5.56 Å². The van der Waals surface area contributed by atoms with Crippen LogP contribution in [0.15, 0.2) is 48.5 Å². The zero-order valence-corrected chi connectivity index (χ0v) is 9.09. The molecule has 0 heterocycles. The highest BCUT2D eigenvalue weighted by atomic mass is 16.5. The van der Waals surface area contributed by atoms with E-state index in [1.807, 2.05) is 49.4 Å². The van der Waals surface area contributed by atoms with Crippen molar-refractivity contribution in [3.63, 3.8) is 0 Å². The van der Waals surface area contributed by atoms with Crippen LogP contribution in [0.3, 0.4) is 0 Å². The van der Waals surface area contributed by atoms with Gasteiger partial charge in [-0.05, 0) is 18.1 Å². The third kappa shape index (κ3) is 2.13. The minimum atomic E-state index is -1.44. The zero-order valence-electron chi connectivity index (χ0n) is 9.09. The van der Waals surface area contributed by atoms with Crippen LogP contribution in [0.1, 0.15) is 17.4 Å². The maximum absolute atomic E-state index is 9.35. The van der Waals surface area contributed by atoms with Gasteiger partial charge in [0.1, 0.15) is 0 Å². The highest BCUT2D eigenvalue weighted by molar-refractivity contribution is 5.68. The van der Waals surface area contributed by atoms with Crippen LogP contribution in [-0.2, 0) is 0 Å². The second-order valence-electron chi connectivity index (χ2n) is 3.83. The van der Waals surface area contributed by atoms with E-state index in [1.54, 1.807) is 6.07 Å². The first-order valence-corrected chi connectivity index (χ1v) is 5.20. The summed E-state index contributed by atoms with van der Waals surface area (Å²) in [5, 5.41) is 18.7. The Bertz CT molecular complexity index is 475. The highest BCUT2D eigenvalue weighted by Crippen LogP contribution is 2.27. The molecule has 0 atom stereocenters. The van der Waals surface area contributed by atoms with Crippen LogP contribution < -0.4 is 0 Å². The minimum absolute atomic E-state index is 0.547. The van der Waals surface area contributed by atoms with Crippen molar-refractivity contribution >= 4 is 0 Å². The average Bonchev–Trinajstić information content (AvgIpc) is 2.30. The fraction of sp³-hybridized carbons (Fsp3) is 0.143. The molecule has 2 aromatic carbocycles. The van der Waals surface area contributed by atoms with Crippen molar-refractivity contribution in [2.45, 2.75) is 13.2 Å². The van der Waals surface area contributed by atoms with Gasteiger partial charge in [-0.25, -0.2) is 0 Å². The van der Waals surface area contributed by atoms with Gasteiger partial charge in [0.15, 0.2) is 6.29 Å². The molecule has 2 heteroatoms. The van der Waals surface area contributed by atoms with E-state index < -0.39 is 6.29 Å². The van der Waals surface area contributed by atoms with Gasteiger partial charge in [0.05, 0.1) is 0 Å². The van der Waals surface area contributed by atoms with Crippen LogP contribution in [0.2, 0.25) is 0 Å². The smallest absolute Gasteiger partial charge is 0.179 e. The number of aliphatic hydroxyl groups is 2. The maximum Gasteiger partial charge on any atom is 0.179 e. The van der Waals surface area contributed by atoms with Crippen LogP contribution in [0.25, 0.3) is 11.1 Å². The van der Waals surface area contributed by atoms with Crippen molar-refractivity contribution in [3.05, 3.63) is 59.7 Å². The largest absolute Gasteiger partial charge is 0.364 e. The molecule has 82 valence electrons. The molecular formula is C14H14O2. The Kier molecular flexibility index (Phi) is 3.04. The average molecular weight is 214 g/mol. The SMILES string of the molecule is Cc1ccc(-c2ccccc2)c(C(O)O)c1. The number of aryl methyl sites for hydroxylation is 1. The summed E-state index contributed by atoms with van der Waals surface area (Å²) in [7, 11) is 0. The normalized spacial score (nSPS) is 10.8. The summed E-state index contributed by atoms with van der Waals surface area (Å²) in [5.74, 6) is 0. The molecule has 0 bridgehead atoms. The third-order valence-corrected chi connectivity index (χ3v) is 2.57. The van der Waals surface area contributed by atoms with Crippen molar-refractivity contribution in [1.29, 1.82) is 0 Å². The molecule has 0 aliphatic rings. The lowest BCUT2D eigenvalue weighted by Crippen LogP contribution is -1.98. The van der Waals surface area contributed by atoms with Crippen molar-refractivity contribution in [3.8, 4) is 11.1 Å². The third-order valence-electron chi connectivity index (χ3n) is 2.57. The molecule has 0 fully saturated rings. The first-order valence-electron chi connectivity index (χ1n) is 5.20. The molecule has 0 saturated carbocycles. The van der Waals surface area contributed by atoms with Crippen LogP contribution in [0.4, 0.5) is 0 Å². The van der Waals surface area contributed by atoms with Crippen molar-refractivity contribution in [2.24, 2.45) is 0 Å². The highest BCUT2D eigenvalue weighted by Gasteiger charge is 2.10. The van der Waals surface area contributed by atoms with E-state index in [4.69, 9.17) is 0 Å². The van der Waals surface area contributed by atoms with Crippen molar-refractivity contribution < 1.29 is 10.2 Å². The molecule has 0 amide bonds. The Labute approximate surface area is 94.8 Å². The predicted octanol–water partition coefficient (Wildman–Crippen LogP) is 2.65. The van der Waals surface area contributed by atoms with Gasteiger partial charge >= 0.3 is 0 Å². The summed E-state index contributed by atoms with van der Waals surface area (Å²) in [4.78, 5) is 0. The van der Waals surface area contributed by atoms with Gasteiger partial charge in [0.25, 0.3) is 0 Å². The summed E-state index contributed by atoms with van der Waals surface area (Å²) < 4.78 is 0. The van der Waals surface area contributed by atoms with E-state index in [1.165, 1.54) is 0 Å². The Hall–Kier alpha value is -1.64. The number of benzene rings is 2.